The molecule has 0 aliphatic carbocycles. The van der Waals surface area contributed by atoms with Crippen LogP contribution in [0.3, 0.4) is 0 Å². The van der Waals surface area contributed by atoms with E-state index in [9.17, 15) is 4.79 Å². The van der Waals surface area contributed by atoms with Crippen LogP contribution in [0.25, 0.3) is 22.4 Å². The Labute approximate surface area is 109 Å². The van der Waals surface area contributed by atoms with Gasteiger partial charge in [-0.2, -0.15) is 0 Å². The van der Waals surface area contributed by atoms with Gasteiger partial charge in [-0.25, -0.2) is 9.78 Å². The number of aromatic nitrogens is 2. The normalized spacial score (nSPS) is 10.8. The zero-order valence-electron chi connectivity index (χ0n) is 10.7. The van der Waals surface area contributed by atoms with Gasteiger partial charge in [0.15, 0.2) is 0 Å². The summed E-state index contributed by atoms with van der Waals surface area (Å²) in [4.78, 5) is 20.4. The molecule has 19 heavy (non-hydrogen) atoms. The van der Waals surface area contributed by atoms with Gasteiger partial charge < -0.3 is 4.42 Å². The summed E-state index contributed by atoms with van der Waals surface area (Å²) in [6.45, 7) is 3.89. The van der Waals surface area contributed by atoms with E-state index in [0.717, 1.165) is 16.7 Å². The van der Waals surface area contributed by atoms with E-state index in [0.29, 0.717) is 16.8 Å². The maximum Gasteiger partial charge on any atom is 0.347 e. The van der Waals surface area contributed by atoms with Crippen molar-refractivity contribution >= 4 is 10.9 Å². The van der Waals surface area contributed by atoms with Gasteiger partial charge in [-0.05, 0) is 43.2 Å². The molecule has 0 atom stereocenters. The predicted octanol–water partition coefficient (Wildman–Crippen LogP) is 2.87. The summed E-state index contributed by atoms with van der Waals surface area (Å²) in [6.07, 6.45) is 3.28. The van der Waals surface area contributed by atoms with Crippen LogP contribution in [0, 0.1) is 13.8 Å². The lowest BCUT2D eigenvalue weighted by molar-refractivity contribution is 0.518. The van der Waals surface area contributed by atoms with Crippen molar-refractivity contribution in [3.8, 4) is 11.5 Å². The van der Waals surface area contributed by atoms with Crippen LogP contribution in [0.5, 0.6) is 0 Å². The second-order valence-electron chi connectivity index (χ2n) is 4.52. The molecule has 0 saturated carbocycles. The first-order valence-electron chi connectivity index (χ1n) is 5.97. The summed E-state index contributed by atoms with van der Waals surface area (Å²) in [7, 11) is 0. The second kappa shape index (κ2) is 4.31. The van der Waals surface area contributed by atoms with Gasteiger partial charge in [0.2, 0.25) is 5.89 Å². The average Bonchev–Trinajstić information content (AvgIpc) is 2.41. The minimum absolute atomic E-state index is 0.326. The topological polar surface area (TPSA) is 56.0 Å². The molecule has 1 aromatic carbocycles. The Bertz CT molecular complexity index is 807. The fourth-order valence-electron chi connectivity index (χ4n) is 2.15. The highest BCUT2D eigenvalue weighted by molar-refractivity contribution is 5.82. The molecule has 0 N–H and O–H groups in total. The summed E-state index contributed by atoms with van der Waals surface area (Å²) in [5.41, 5.74) is 3.07. The lowest BCUT2D eigenvalue weighted by Crippen LogP contribution is -2.04. The van der Waals surface area contributed by atoms with Gasteiger partial charge in [-0.1, -0.05) is 6.07 Å². The number of hydrogen-bond donors (Lipinski definition) is 0. The van der Waals surface area contributed by atoms with E-state index < -0.39 is 0 Å². The summed E-state index contributed by atoms with van der Waals surface area (Å²) in [5.74, 6) is 0.326. The van der Waals surface area contributed by atoms with E-state index in [1.54, 1.807) is 30.6 Å². The molecular weight excluding hydrogens is 240 g/mol. The van der Waals surface area contributed by atoms with Crippen molar-refractivity contribution in [2.24, 2.45) is 0 Å². The molecule has 3 rings (SSSR count). The molecule has 0 radical (unpaired) electrons. The Balaban J connectivity index is 2.34. The molecule has 94 valence electrons. The molecular formula is C15H12N2O2. The number of fused-ring (bicyclic) bond motifs is 1. The minimum atomic E-state index is -0.358. The summed E-state index contributed by atoms with van der Waals surface area (Å²) < 4.78 is 5.29. The van der Waals surface area contributed by atoms with Gasteiger partial charge in [-0.3, -0.25) is 4.98 Å². The Morgan fingerprint density at radius 2 is 1.84 bits per heavy atom. The van der Waals surface area contributed by atoms with E-state index >= 15 is 0 Å². The SMILES string of the molecule is Cc1cc(C)c2nc(-c3ccncc3)oc(=O)c2c1. The molecule has 2 aromatic heterocycles. The van der Waals surface area contributed by atoms with Gasteiger partial charge in [0.05, 0.1) is 10.9 Å². The average molecular weight is 252 g/mol. The summed E-state index contributed by atoms with van der Waals surface area (Å²) >= 11 is 0. The van der Waals surface area contributed by atoms with Crippen molar-refractivity contribution in [3.63, 3.8) is 0 Å². The van der Waals surface area contributed by atoms with Crippen molar-refractivity contribution < 1.29 is 4.42 Å². The molecule has 0 amide bonds. The van der Waals surface area contributed by atoms with Crippen LogP contribution in [-0.2, 0) is 0 Å². The highest BCUT2D eigenvalue weighted by Gasteiger charge is 2.10. The van der Waals surface area contributed by atoms with E-state index in [-0.39, 0.29) is 5.63 Å². The van der Waals surface area contributed by atoms with Crippen LogP contribution < -0.4 is 5.63 Å². The lowest BCUT2D eigenvalue weighted by Gasteiger charge is -2.04. The molecule has 0 saturated heterocycles. The third kappa shape index (κ3) is 2.01. The molecule has 2 heterocycles. The molecule has 0 fully saturated rings. The first kappa shape index (κ1) is 11.6. The molecule has 0 aliphatic heterocycles. The Hall–Kier alpha value is -2.49. The maximum atomic E-state index is 12.1. The van der Waals surface area contributed by atoms with Gasteiger partial charge in [0, 0.05) is 18.0 Å². The van der Waals surface area contributed by atoms with Crippen LogP contribution in [0.1, 0.15) is 11.1 Å². The van der Waals surface area contributed by atoms with Crippen LogP contribution in [0.2, 0.25) is 0 Å². The molecule has 4 heteroatoms. The Kier molecular flexibility index (Phi) is 2.63. The van der Waals surface area contributed by atoms with Crippen molar-refractivity contribution in [1.82, 2.24) is 9.97 Å². The predicted molar refractivity (Wildman–Crippen MR) is 73.0 cm³/mol. The Morgan fingerprint density at radius 3 is 2.58 bits per heavy atom. The summed E-state index contributed by atoms with van der Waals surface area (Å²) in [5, 5.41) is 0.523. The molecule has 0 spiro atoms. The molecule has 4 nitrogen and oxygen atoms in total. The van der Waals surface area contributed by atoms with E-state index in [1.807, 2.05) is 19.9 Å². The van der Waals surface area contributed by atoms with Gasteiger partial charge in [0.25, 0.3) is 0 Å². The second-order valence-corrected chi connectivity index (χ2v) is 4.52. The number of nitrogens with zero attached hydrogens (tertiary/aromatic N) is 2. The smallest absolute Gasteiger partial charge is 0.347 e. The summed E-state index contributed by atoms with van der Waals surface area (Å²) in [6, 6.07) is 7.34. The third-order valence-electron chi connectivity index (χ3n) is 2.99. The number of aryl methyl sites for hydroxylation is 2. The number of hydrogen-bond acceptors (Lipinski definition) is 4. The molecule has 3 aromatic rings. The minimum Gasteiger partial charge on any atom is -0.403 e. The fourth-order valence-corrected chi connectivity index (χ4v) is 2.15. The lowest BCUT2D eigenvalue weighted by atomic mass is 10.1. The van der Waals surface area contributed by atoms with E-state index in [2.05, 4.69) is 9.97 Å². The number of rotatable bonds is 1. The largest absolute Gasteiger partial charge is 0.403 e. The zero-order valence-corrected chi connectivity index (χ0v) is 10.7. The third-order valence-corrected chi connectivity index (χ3v) is 2.99. The van der Waals surface area contributed by atoms with Crippen LogP contribution >= 0.6 is 0 Å². The van der Waals surface area contributed by atoms with Gasteiger partial charge in [0.1, 0.15) is 0 Å². The van der Waals surface area contributed by atoms with E-state index in [1.165, 1.54) is 0 Å². The van der Waals surface area contributed by atoms with Crippen LogP contribution in [0.15, 0.2) is 45.9 Å². The van der Waals surface area contributed by atoms with Crippen LogP contribution in [-0.4, -0.2) is 9.97 Å². The molecule has 0 bridgehead atoms. The zero-order chi connectivity index (χ0) is 13.4. The quantitative estimate of drug-likeness (QED) is 0.668. The highest BCUT2D eigenvalue weighted by Crippen LogP contribution is 2.20. The van der Waals surface area contributed by atoms with Crippen molar-refractivity contribution in [2.75, 3.05) is 0 Å². The first-order chi connectivity index (χ1) is 9.15. The van der Waals surface area contributed by atoms with Crippen molar-refractivity contribution in [2.45, 2.75) is 13.8 Å². The Morgan fingerprint density at radius 1 is 1.11 bits per heavy atom. The van der Waals surface area contributed by atoms with Crippen molar-refractivity contribution in [3.05, 3.63) is 58.2 Å². The molecule has 0 aliphatic rings. The van der Waals surface area contributed by atoms with Crippen LogP contribution in [0.4, 0.5) is 0 Å². The fraction of sp³-hybridized carbons (Fsp3) is 0.133. The first-order valence-corrected chi connectivity index (χ1v) is 5.97. The van der Waals surface area contributed by atoms with Crippen molar-refractivity contribution in [1.29, 1.82) is 0 Å². The standard InChI is InChI=1S/C15H12N2O2/c1-9-7-10(2)13-12(8-9)15(18)19-14(17-13)11-3-5-16-6-4-11/h3-8H,1-2H3. The maximum absolute atomic E-state index is 12.1. The van der Waals surface area contributed by atoms with E-state index in [4.69, 9.17) is 4.42 Å². The highest BCUT2D eigenvalue weighted by atomic mass is 16.4. The monoisotopic (exact) mass is 252 g/mol. The van der Waals surface area contributed by atoms with Gasteiger partial charge in [-0.15, -0.1) is 0 Å². The van der Waals surface area contributed by atoms with Gasteiger partial charge >= 0.3 is 5.63 Å². The molecule has 0 unspecified atom stereocenters. The number of pyridine rings is 1. The number of benzene rings is 1.